The van der Waals surface area contributed by atoms with E-state index in [0.29, 0.717) is 17.4 Å². The number of nitrogens with zero attached hydrogens (tertiary/aromatic N) is 1. The van der Waals surface area contributed by atoms with E-state index in [9.17, 15) is 14.7 Å². The smallest absolute Gasteiger partial charge is 0.338 e. The van der Waals surface area contributed by atoms with Gasteiger partial charge in [-0.05, 0) is 53.6 Å². The average Bonchev–Trinajstić information content (AvgIpc) is 2.66. The number of hydrogen-bond acceptors (Lipinski definition) is 4. The Morgan fingerprint density at radius 2 is 1.48 bits per heavy atom. The van der Waals surface area contributed by atoms with Gasteiger partial charge in [-0.1, -0.05) is 38.1 Å². The van der Waals surface area contributed by atoms with Gasteiger partial charge in [0.25, 0.3) is 5.91 Å². The van der Waals surface area contributed by atoms with E-state index in [1.165, 1.54) is 0 Å². The summed E-state index contributed by atoms with van der Waals surface area (Å²) in [6.07, 6.45) is 1.12. The normalized spacial score (nSPS) is 19.6. The van der Waals surface area contributed by atoms with Gasteiger partial charge in [0.15, 0.2) is 6.61 Å². The molecule has 2 atom stereocenters. The van der Waals surface area contributed by atoms with Gasteiger partial charge >= 0.3 is 5.97 Å². The number of rotatable bonds is 4. The molecule has 0 bridgehead atoms. The number of amides is 1. The van der Waals surface area contributed by atoms with Gasteiger partial charge in [-0.15, -0.1) is 0 Å². The Morgan fingerprint density at radius 1 is 0.963 bits per heavy atom. The maximum atomic E-state index is 12.3. The molecule has 2 aromatic rings. The predicted octanol–water partition coefficient (Wildman–Crippen LogP) is 3.72. The molecule has 0 spiro atoms. The molecule has 3 rings (SSSR count). The van der Waals surface area contributed by atoms with Crippen molar-refractivity contribution in [3.8, 4) is 16.9 Å². The fourth-order valence-corrected chi connectivity index (χ4v) is 3.62. The molecule has 2 aromatic carbocycles. The SMILES string of the molecule is C[C@@H]1C[C@@H](C)CN(C(=O)COC(=O)c2ccc(-c3ccc(O)cc3)cc2)C1. The molecule has 0 aliphatic carbocycles. The van der Waals surface area contributed by atoms with Crippen molar-refractivity contribution >= 4 is 11.9 Å². The lowest BCUT2D eigenvalue weighted by Crippen LogP contribution is -2.44. The highest BCUT2D eigenvalue weighted by molar-refractivity contribution is 5.91. The highest BCUT2D eigenvalue weighted by atomic mass is 16.5. The fraction of sp³-hybridized carbons (Fsp3) is 0.364. The molecule has 0 radical (unpaired) electrons. The zero-order chi connectivity index (χ0) is 19.4. The Bertz CT molecular complexity index is 788. The van der Waals surface area contributed by atoms with Gasteiger partial charge in [0.05, 0.1) is 5.56 Å². The molecule has 5 heteroatoms. The van der Waals surface area contributed by atoms with Crippen LogP contribution < -0.4 is 0 Å². The Kier molecular flexibility index (Phi) is 5.79. The predicted molar refractivity (Wildman–Crippen MR) is 103 cm³/mol. The van der Waals surface area contributed by atoms with Crippen LogP contribution in [0.15, 0.2) is 48.5 Å². The monoisotopic (exact) mass is 367 g/mol. The standard InChI is InChI=1S/C22H25NO4/c1-15-11-16(2)13-23(12-15)21(25)14-27-22(26)19-5-3-17(4-6-19)18-7-9-20(24)10-8-18/h3-10,15-16,24H,11-14H2,1-2H3/t15-,16-/m1/s1. The summed E-state index contributed by atoms with van der Waals surface area (Å²) < 4.78 is 5.21. The van der Waals surface area contributed by atoms with E-state index in [1.54, 1.807) is 29.2 Å². The van der Waals surface area contributed by atoms with E-state index in [1.807, 2.05) is 24.3 Å². The van der Waals surface area contributed by atoms with Crippen molar-refractivity contribution in [3.63, 3.8) is 0 Å². The lowest BCUT2D eigenvalue weighted by atomic mass is 9.92. The highest BCUT2D eigenvalue weighted by Crippen LogP contribution is 2.23. The molecule has 1 fully saturated rings. The molecule has 5 nitrogen and oxygen atoms in total. The number of likely N-dealkylation sites (tertiary alicyclic amines) is 1. The molecular formula is C22H25NO4. The topological polar surface area (TPSA) is 66.8 Å². The van der Waals surface area contributed by atoms with Crippen LogP contribution in [0.2, 0.25) is 0 Å². The summed E-state index contributed by atoms with van der Waals surface area (Å²) in [5.41, 5.74) is 2.28. The van der Waals surface area contributed by atoms with E-state index in [-0.39, 0.29) is 18.3 Å². The van der Waals surface area contributed by atoms with E-state index in [4.69, 9.17) is 4.74 Å². The number of esters is 1. The van der Waals surface area contributed by atoms with Gasteiger partial charge in [-0.25, -0.2) is 4.79 Å². The molecule has 142 valence electrons. The lowest BCUT2D eigenvalue weighted by molar-refractivity contribution is -0.137. The van der Waals surface area contributed by atoms with Crippen LogP contribution in [0, 0.1) is 11.8 Å². The zero-order valence-corrected chi connectivity index (χ0v) is 15.7. The minimum atomic E-state index is -0.501. The lowest BCUT2D eigenvalue weighted by Gasteiger charge is -2.34. The van der Waals surface area contributed by atoms with Crippen LogP contribution >= 0.6 is 0 Å². The summed E-state index contributed by atoms with van der Waals surface area (Å²) in [7, 11) is 0. The first kappa shape index (κ1) is 19.0. The Morgan fingerprint density at radius 3 is 2.04 bits per heavy atom. The van der Waals surface area contributed by atoms with Gasteiger partial charge in [0, 0.05) is 13.1 Å². The second-order valence-electron chi connectivity index (χ2n) is 7.45. The summed E-state index contributed by atoms with van der Waals surface area (Å²) >= 11 is 0. The minimum Gasteiger partial charge on any atom is -0.508 e. The number of piperidine rings is 1. The van der Waals surface area contributed by atoms with Gasteiger partial charge in [-0.3, -0.25) is 4.79 Å². The summed E-state index contributed by atoms with van der Waals surface area (Å²) in [6, 6.07) is 13.8. The van der Waals surface area contributed by atoms with E-state index in [0.717, 1.165) is 30.6 Å². The van der Waals surface area contributed by atoms with Crippen molar-refractivity contribution in [3.05, 3.63) is 54.1 Å². The molecule has 1 amide bonds. The third-order valence-electron chi connectivity index (χ3n) is 4.87. The van der Waals surface area contributed by atoms with Gasteiger partial charge in [0.1, 0.15) is 5.75 Å². The van der Waals surface area contributed by atoms with Crippen LogP contribution in [0.4, 0.5) is 0 Å². The number of carbonyl (C=O) groups excluding carboxylic acids is 2. The first-order chi connectivity index (χ1) is 12.9. The van der Waals surface area contributed by atoms with Crippen LogP contribution in [0.3, 0.4) is 0 Å². The third kappa shape index (κ3) is 4.88. The molecule has 1 N–H and O–H groups in total. The second kappa shape index (κ2) is 8.25. The highest BCUT2D eigenvalue weighted by Gasteiger charge is 2.26. The molecule has 0 aromatic heterocycles. The number of aromatic hydroxyl groups is 1. The molecule has 27 heavy (non-hydrogen) atoms. The summed E-state index contributed by atoms with van der Waals surface area (Å²) in [5.74, 6) is 0.518. The molecule has 1 aliphatic rings. The van der Waals surface area contributed by atoms with Gasteiger partial charge < -0.3 is 14.7 Å². The molecular weight excluding hydrogens is 342 g/mol. The van der Waals surface area contributed by atoms with Crippen LogP contribution in [0.5, 0.6) is 5.75 Å². The molecule has 0 saturated carbocycles. The van der Waals surface area contributed by atoms with Crippen LogP contribution in [0.1, 0.15) is 30.6 Å². The molecule has 1 saturated heterocycles. The van der Waals surface area contributed by atoms with Crippen molar-refractivity contribution in [1.82, 2.24) is 4.90 Å². The van der Waals surface area contributed by atoms with E-state index in [2.05, 4.69) is 13.8 Å². The van der Waals surface area contributed by atoms with Gasteiger partial charge in [0.2, 0.25) is 0 Å². The Labute approximate surface area is 159 Å². The number of phenolic OH excluding ortho intramolecular Hbond substituents is 1. The van der Waals surface area contributed by atoms with Crippen molar-refractivity contribution in [2.24, 2.45) is 11.8 Å². The maximum Gasteiger partial charge on any atom is 0.338 e. The number of ether oxygens (including phenoxy) is 1. The third-order valence-corrected chi connectivity index (χ3v) is 4.87. The van der Waals surface area contributed by atoms with Crippen LogP contribution in [-0.4, -0.2) is 41.6 Å². The second-order valence-corrected chi connectivity index (χ2v) is 7.45. The average molecular weight is 367 g/mol. The minimum absolute atomic E-state index is 0.137. The summed E-state index contributed by atoms with van der Waals surface area (Å²) in [4.78, 5) is 26.3. The molecule has 1 aliphatic heterocycles. The van der Waals surface area contributed by atoms with Crippen molar-refractivity contribution < 1.29 is 19.4 Å². The number of phenols is 1. The maximum absolute atomic E-state index is 12.3. The quantitative estimate of drug-likeness (QED) is 0.837. The van der Waals surface area contributed by atoms with Crippen molar-refractivity contribution in [1.29, 1.82) is 0 Å². The summed E-state index contributed by atoms with van der Waals surface area (Å²) in [5, 5.41) is 9.36. The molecule has 1 heterocycles. The van der Waals surface area contributed by atoms with E-state index >= 15 is 0 Å². The number of hydrogen-bond donors (Lipinski definition) is 1. The van der Waals surface area contributed by atoms with Crippen molar-refractivity contribution in [2.45, 2.75) is 20.3 Å². The first-order valence-corrected chi connectivity index (χ1v) is 9.26. The van der Waals surface area contributed by atoms with Gasteiger partial charge in [-0.2, -0.15) is 0 Å². The largest absolute Gasteiger partial charge is 0.508 e. The zero-order valence-electron chi connectivity index (χ0n) is 15.7. The Hall–Kier alpha value is -2.82. The fourth-order valence-electron chi connectivity index (χ4n) is 3.62. The van der Waals surface area contributed by atoms with E-state index < -0.39 is 5.97 Å². The van der Waals surface area contributed by atoms with Crippen LogP contribution in [-0.2, 0) is 9.53 Å². The summed E-state index contributed by atoms with van der Waals surface area (Å²) in [6.45, 7) is 5.50. The van der Waals surface area contributed by atoms with Crippen LogP contribution in [0.25, 0.3) is 11.1 Å². The Balaban J connectivity index is 1.56. The first-order valence-electron chi connectivity index (χ1n) is 9.26. The van der Waals surface area contributed by atoms with Crippen molar-refractivity contribution in [2.75, 3.05) is 19.7 Å². The number of carbonyl (C=O) groups is 2. The number of benzene rings is 2. The molecule has 0 unspecified atom stereocenters.